The molecular formula is C12H18N4. The Morgan fingerprint density at radius 1 is 1.62 bits per heavy atom. The molecule has 0 bridgehead atoms. The molecule has 4 heteroatoms. The number of rotatable bonds is 4. The first-order valence-electron chi connectivity index (χ1n) is 5.45. The van der Waals surface area contributed by atoms with Crippen molar-refractivity contribution in [3.05, 3.63) is 17.8 Å². The summed E-state index contributed by atoms with van der Waals surface area (Å²) < 4.78 is 0. The minimum Gasteiger partial charge on any atom is -0.396 e. The smallest absolute Gasteiger partial charge is 0.151 e. The van der Waals surface area contributed by atoms with Crippen LogP contribution < -0.4 is 10.6 Å². The lowest BCUT2D eigenvalue weighted by Gasteiger charge is -2.24. The molecule has 1 aromatic rings. The normalized spacial score (nSPS) is 11.9. The van der Waals surface area contributed by atoms with Gasteiger partial charge in [0, 0.05) is 19.3 Å². The second-order valence-corrected chi connectivity index (χ2v) is 3.99. The van der Waals surface area contributed by atoms with Crippen LogP contribution >= 0.6 is 0 Å². The zero-order chi connectivity index (χ0) is 12.1. The fourth-order valence-electron chi connectivity index (χ4n) is 1.59. The van der Waals surface area contributed by atoms with E-state index in [9.17, 15) is 0 Å². The number of aryl methyl sites for hydroxylation is 1. The number of pyridine rings is 1. The number of hydrogen-bond acceptors (Lipinski definition) is 4. The second-order valence-electron chi connectivity index (χ2n) is 3.99. The van der Waals surface area contributed by atoms with Crippen LogP contribution in [0.5, 0.6) is 0 Å². The van der Waals surface area contributed by atoms with Crippen LogP contribution in [0.15, 0.2) is 12.3 Å². The van der Waals surface area contributed by atoms with Crippen molar-refractivity contribution in [2.24, 2.45) is 5.92 Å². The van der Waals surface area contributed by atoms with Crippen molar-refractivity contribution in [3.63, 3.8) is 0 Å². The van der Waals surface area contributed by atoms with E-state index in [1.807, 2.05) is 31.7 Å². The van der Waals surface area contributed by atoms with Gasteiger partial charge >= 0.3 is 0 Å². The highest BCUT2D eigenvalue weighted by molar-refractivity contribution is 5.63. The minimum absolute atomic E-state index is 0.0255. The van der Waals surface area contributed by atoms with Crippen LogP contribution in [0.25, 0.3) is 0 Å². The van der Waals surface area contributed by atoms with E-state index in [2.05, 4.69) is 11.1 Å². The van der Waals surface area contributed by atoms with Gasteiger partial charge in [-0.05, 0) is 32.4 Å². The van der Waals surface area contributed by atoms with Crippen LogP contribution in [0.3, 0.4) is 0 Å². The molecule has 16 heavy (non-hydrogen) atoms. The molecule has 4 nitrogen and oxygen atoms in total. The van der Waals surface area contributed by atoms with E-state index in [4.69, 9.17) is 11.0 Å². The molecule has 0 saturated carbocycles. The highest BCUT2D eigenvalue weighted by atomic mass is 15.2. The molecule has 1 rings (SSSR count). The summed E-state index contributed by atoms with van der Waals surface area (Å²) in [5.41, 5.74) is 7.65. The van der Waals surface area contributed by atoms with Gasteiger partial charge < -0.3 is 10.6 Å². The molecule has 0 spiro atoms. The Hall–Kier alpha value is -1.76. The molecular weight excluding hydrogens is 200 g/mol. The van der Waals surface area contributed by atoms with E-state index in [-0.39, 0.29) is 5.92 Å². The lowest BCUT2D eigenvalue weighted by Crippen LogP contribution is -2.29. The highest BCUT2D eigenvalue weighted by Gasteiger charge is 2.12. The molecule has 1 unspecified atom stereocenters. The van der Waals surface area contributed by atoms with E-state index in [1.165, 1.54) is 0 Å². The van der Waals surface area contributed by atoms with Crippen molar-refractivity contribution >= 4 is 11.5 Å². The summed E-state index contributed by atoms with van der Waals surface area (Å²) >= 11 is 0. The lowest BCUT2D eigenvalue weighted by molar-refractivity contribution is 0.680. The van der Waals surface area contributed by atoms with E-state index >= 15 is 0 Å². The van der Waals surface area contributed by atoms with Gasteiger partial charge in [-0.25, -0.2) is 4.98 Å². The Bertz CT molecular complexity index is 394. The summed E-state index contributed by atoms with van der Waals surface area (Å²) in [5, 5.41) is 8.81. The zero-order valence-electron chi connectivity index (χ0n) is 10.1. The summed E-state index contributed by atoms with van der Waals surface area (Å²) in [4.78, 5) is 6.36. The Labute approximate surface area is 96.7 Å². The molecule has 2 N–H and O–H groups in total. The maximum absolute atomic E-state index is 8.81. The van der Waals surface area contributed by atoms with Crippen LogP contribution in [0.4, 0.5) is 11.5 Å². The molecule has 1 heterocycles. The average molecular weight is 218 g/mol. The van der Waals surface area contributed by atoms with Gasteiger partial charge in [-0.15, -0.1) is 0 Å². The first-order valence-corrected chi connectivity index (χ1v) is 5.45. The highest BCUT2D eigenvalue weighted by Crippen LogP contribution is 2.21. The van der Waals surface area contributed by atoms with Crippen LogP contribution in [-0.2, 0) is 0 Å². The fourth-order valence-corrected chi connectivity index (χ4v) is 1.59. The third-order valence-electron chi connectivity index (χ3n) is 2.43. The Kier molecular flexibility index (Phi) is 4.12. The first kappa shape index (κ1) is 12.3. The van der Waals surface area contributed by atoms with E-state index < -0.39 is 0 Å². The first-order chi connectivity index (χ1) is 7.58. The number of nitrogen functional groups attached to an aromatic ring is 1. The van der Waals surface area contributed by atoms with Gasteiger partial charge in [-0.2, -0.15) is 5.26 Å². The second kappa shape index (κ2) is 5.36. The van der Waals surface area contributed by atoms with Crippen molar-refractivity contribution in [1.29, 1.82) is 5.26 Å². The summed E-state index contributed by atoms with van der Waals surface area (Å²) in [7, 11) is 0. The predicted octanol–water partition coefficient (Wildman–Crippen LogP) is 1.96. The average Bonchev–Trinajstić information content (AvgIpc) is 2.26. The van der Waals surface area contributed by atoms with Crippen LogP contribution in [0.1, 0.15) is 19.4 Å². The van der Waals surface area contributed by atoms with Crippen molar-refractivity contribution < 1.29 is 0 Å². The van der Waals surface area contributed by atoms with Gasteiger partial charge in [0.25, 0.3) is 0 Å². The lowest BCUT2D eigenvalue weighted by atomic mass is 10.2. The predicted molar refractivity (Wildman–Crippen MR) is 66.1 cm³/mol. The molecule has 86 valence electrons. The third-order valence-corrected chi connectivity index (χ3v) is 2.43. The number of hydrogen-bond donors (Lipinski definition) is 1. The molecule has 0 radical (unpaired) electrons. The topological polar surface area (TPSA) is 65.9 Å². The van der Waals surface area contributed by atoms with Crippen molar-refractivity contribution in [2.75, 3.05) is 23.7 Å². The minimum atomic E-state index is -0.0255. The van der Waals surface area contributed by atoms with Crippen molar-refractivity contribution in [3.8, 4) is 6.07 Å². The monoisotopic (exact) mass is 218 g/mol. The maximum atomic E-state index is 8.81. The number of nitrogens with two attached hydrogens (primary N) is 1. The fraction of sp³-hybridized carbons (Fsp3) is 0.500. The van der Waals surface area contributed by atoms with Gasteiger partial charge in [-0.3, -0.25) is 0 Å². The van der Waals surface area contributed by atoms with E-state index in [0.717, 1.165) is 17.9 Å². The molecule has 0 amide bonds. The van der Waals surface area contributed by atoms with Crippen molar-refractivity contribution in [1.82, 2.24) is 4.98 Å². The molecule has 1 atom stereocenters. The molecule has 0 aliphatic rings. The van der Waals surface area contributed by atoms with E-state index in [0.29, 0.717) is 12.2 Å². The van der Waals surface area contributed by atoms with Gasteiger partial charge in [0.15, 0.2) is 5.82 Å². The molecule has 0 saturated heterocycles. The van der Waals surface area contributed by atoms with Gasteiger partial charge in [0.05, 0.1) is 17.7 Å². The Morgan fingerprint density at radius 2 is 2.31 bits per heavy atom. The Morgan fingerprint density at radius 3 is 2.81 bits per heavy atom. The number of nitrogens with zero attached hydrogens (tertiary/aromatic N) is 3. The summed E-state index contributed by atoms with van der Waals surface area (Å²) in [6, 6.07) is 4.12. The zero-order valence-corrected chi connectivity index (χ0v) is 10.1. The summed E-state index contributed by atoms with van der Waals surface area (Å²) in [5.74, 6) is 0.748. The van der Waals surface area contributed by atoms with Crippen LogP contribution in [0.2, 0.25) is 0 Å². The molecule has 0 fully saturated rings. The SMILES string of the molecule is CCN(CC(C)C#N)c1ncc(C)cc1N. The van der Waals surface area contributed by atoms with Gasteiger partial charge in [0.1, 0.15) is 0 Å². The summed E-state index contributed by atoms with van der Waals surface area (Å²) in [6.07, 6.45) is 1.80. The Balaban J connectivity index is 2.91. The van der Waals surface area contributed by atoms with Crippen molar-refractivity contribution in [2.45, 2.75) is 20.8 Å². The standard InChI is InChI=1S/C12H18N4/c1-4-16(8-10(3)6-13)12-11(14)5-9(2)7-15-12/h5,7,10H,4,8,14H2,1-3H3. The van der Waals surface area contributed by atoms with Gasteiger partial charge in [-0.1, -0.05) is 0 Å². The summed E-state index contributed by atoms with van der Waals surface area (Å²) in [6.45, 7) is 7.35. The molecule has 0 aromatic carbocycles. The maximum Gasteiger partial charge on any atom is 0.151 e. The molecule has 1 aromatic heterocycles. The third kappa shape index (κ3) is 2.86. The molecule has 0 aliphatic heterocycles. The quantitative estimate of drug-likeness (QED) is 0.839. The number of aromatic nitrogens is 1. The number of anilines is 2. The molecule has 0 aliphatic carbocycles. The largest absolute Gasteiger partial charge is 0.396 e. The number of nitriles is 1. The van der Waals surface area contributed by atoms with Crippen LogP contribution in [-0.4, -0.2) is 18.1 Å². The van der Waals surface area contributed by atoms with Gasteiger partial charge in [0.2, 0.25) is 0 Å². The van der Waals surface area contributed by atoms with Crippen LogP contribution in [0, 0.1) is 24.2 Å². The van der Waals surface area contributed by atoms with E-state index in [1.54, 1.807) is 6.20 Å².